The van der Waals surface area contributed by atoms with Crippen LogP contribution in [0.25, 0.3) is 6.08 Å². The summed E-state index contributed by atoms with van der Waals surface area (Å²) in [5.74, 6) is -0.957. The van der Waals surface area contributed by atoms with Crippen LogP contribution in [0.1, 0.15) is 16.3 Å². The summed E-state index contributed by atoms with van der Waals surface area (Å²) >= 11 is 5.08. The molecule has 0 unspecified atom stereocenters. The second-order valence-corrected chi connectivity index (χ2v) is 6.57. The maximum atomic E-state index is 10.7. The van der Waals surface area contributed by atoms with Gasteiger partial charge in [0.1, 0.15) is 0 Å². The van der Waals surface area contributed by atoms with Crippen LogP contribution in [0.4, 0.5) is 5.69 Å². The standard InChI is InChI=1S/C15H15BrN2O2S/c1-10-17-13(9-21-10)8-18(2)14-7-12(16)5-3-11(14)4-6-15(19)20/h3-7,9H,8H2,1-2H3,(H,19,20). The molecule has 2 aromatic rings. The number of hydrogen-bond acceptors (Lipinski definition) is 4. The third-order valence-corrected chi connectivity index (χ3v) is 4.19. The number of carboxylic acids is 1. The molecule has 0 aliphatic heterocycles. The summed E-state index contributed by atoms with van der Waals surface area (Å²) in [5, 5.41) is 11.9. The summed E-state index contributed by atoms with van der Waals surface area (Å²) < 4.78 is 0.950. The second kappa shape index (κ2) is 6.87. The van der Waals surface area contributed by atoms with Crippen molar-refractivity contribution in [3.63, 3.8) is 0 Å². The smallest absolute Gasteiger partial charge is 0.328 e. The van der Waals surface area contributed by atoms with Crippen molar-refractivity contribution in [2.75, 3.05) is 11.9 Å². The average Bonchev–Trinajstić information content (AvgIpc) is 2.82. The van der Waals surface area contributed by atoms with E-state index in [1.165, 1.54) is 0 Å². The van der Waals surface area contributed by atoms with Crippen molar-refractivity contribution < 1.29 is 9.90 Å². The van der Waals surface area contributed by atoms with Gasteiger partial charge < -0.3 is 10.0 Å². The molecule has 0 bridgehead atoms. The largest absolute Gasteiger partial charge is 0.478 e. The third kappa shape index (κ3) is 4.41. The number of halogens is 1. The van der Waals surface area contributed by atoms with Gasteiger partial charge in [-0.3, -0.25) is 0 Å². The third-order valence-electron chi connectivity index (χ3n) is 2.87. The summed E-state index contributed by atoms with van der Waals surface area (Å²) in [4.78, 5) is 17.2. The molecule has 0 atom stereocenters. The van der Waals surface area contributed by atoms with Crippen LogP contribution in [0.15, 0.2) is 34.1 Å². The Bertz CT molecular complexity index is 682. The van der Waals surface area contributed by atoms with Crippen LogP contribution >= 0.6 is 27.3 Å². The highest BCUT2D eigenvalue weighted by Crippen LogP contribution is 2.27. The van der Waals surface area contributed by atoms with Crippen molar-refractivity contribution in [1.29, 1.82) is 0 Å². The Hall–Kier alpha value is -1.66. The molecule has 21 heavy (non-hydrogen) atoms. The van der Waals surface area contributed by atoms with Gasteiger partial charge in [-0.2, -0.15) is 0 Å². The van der Waals surface area contributed by atoms with Gasteiger partial charge in [0.25, 0.3) is 0 Å². The van der Waals surface area contributed by atoms with Gasteiger partial charge >= 0.3 is 5.97 Å². The lowest BCUT2D eigenvalue weighted by Gasteiger charge is -2.21. The highest BCUT2D eigenvalue weighted by Gasteiger charge is 2.09. The van der Waals surface area contributed by atoms with Gasteiger partial charge in [-0.15, -0.1) is 11.3 Å². The zero-order valence-corrected chi connectivity index (χ0v) is 14.1. The Balaban J connectivity index is 2.27. The van der Waals surface area contributed by atoms with Crippen LogP contribution in [-0.2, 0) is 11.3 Å². The maximum absolute atomic E-state index is 10.7. The predicted octanol–water partition coefficient (Wildman–Crippen LogP) is 3.95. The first-order chi connectivity index (χ1) is 9.95. The topological polar surface area (TPSA) is 53.4 Å². The number of benzene rings is 1. The molecule has 1 aromatic heterocycles. The summed E-state index contributed by atoms with van der Waals surface area (Å²) in [6.45, 7) is 2.66. The first-order valence-electron chi connectivity index (χ1n) is 6.28. The van der Waals surface area contributed by atoms with E-state index in [1.807, 2.05) is 37.6 Å². The van der Waals surface area contributed by atoms with E-state index in [9.17, 15) is 4.79 Å². The van der Waals surface area contributed by atoms with E-state index in [0.29, 0.717) is 6.54 Å². The van der Waals surface area contributed by atoms with Crippen LogP contribution in [0.5, 0.6) is 0 Å². The predicted molar refractivity (Wildman–Crippen MR) is 89.8 cm³/mol. The SMILES string of the molecule is Cc1nc(CN(C)c2cc(Br)ccc2C=CC(=O)O)cs1. The van der Waals surface area contributed by atoms with Crippen LogP contribution in [0.3, 0.4) is 0 Å². The fourth-order valence-corrected chi connectivity index (χ4v) is 2.91. The number of rotatable bonds is 5. The first-order valence-corrected chi connectivity index (χ1v) is 7.95. The number of hydrogen-bond donors (Lipinski definition) is 1. The number of aryl methyl sites for hydroxylation is 1. The zero-order chi connectivity index (χ0) is 15.4. The van der Waals surface area contributed by atoms with Gasteiger partial charge in [-0.25, -0.2) is 9.78 Å². The molecule has 1 heterocycles. The van der Waals surface area contributed by atoms with Gasteiger partial charge in [0.05, 0.1) is 17.2 Å². The molecular weight excluding hydrogens is 352 g/mol. The average molecular weight is 367 g/mol. The van der Waals surface area contributed by atoms with E-state index >= 15 is 0 Å². The van der Waals surface area contributed by atoms with Crippen molar-refractivity contribution in [2.45, 2.75) is 13.5 Å². The molecule has 0 aliphatic carbocycles. The highest BCUT2D eigenvalue weighted by molar-refractivity contribution is 9.10. The number of thiazole rings is 1. The molecule has 110 valence electrons. The van der Waals surface area contributed by atoms with Crippen molar-refractivity contribution >= 4 is 45.0 Å². The quantitative estimate of drug-likeness (QED) is 0.814. The lowest BCUT2D eigenvalue weighted by atomic mass is 10.1. The summed E-state index contributed by atoms with van der Waals surface area (Å²) in [5.41, 5.74) is 2.82. The molecule has 0 saturated carbocycles. The summed E-state index contributed by atoms with van der Waals surface area (Å²) in [7, 11) is 1.97. The van der Waals surface area contributed by atoms with Crippen LogP contribution in [0, 0.1) is 6.92 Å². The van der Waals surface area contributed by atoms with Gasteiger partial charge in [-0.05, 0) is 30.7 Å². The minimum absolute atomic E-state index is 0.675. The van der Waals surface area contributed by atoms with Crippen molar-refractivity contribution in [2.24, 2.45) is 0 Å². The van der Waals surface area contributed by atoms with Crippen molar-refractivity contribution in [1.82, 2.24) is 4.98 Å². The molecule has 0 amide bonds. The number of aliphatic carboxylic acids is 1. The van der Waals surface area contributed by atoms with E-state index in [2.05, 4.69) is 25.8 Å². The van der Waals surface area contributed by atoms with Crippen LogP contribution < -0.4 is 4.90 Å². The second-order valence-electron chi connectivity index (χ2n) is 4.59. The monoisotopic (exact) mass is 366 g/mol. The molecule has 0 saturated heterocycles. The molecule has 0 spiro atoms. The van der Waals surface area contributed by atoms with Gasteiger partial charge in [0.15, 0.2) is 0 Å². The normalized spacial score (nSPS) is 11.0. The minimum Gasteiger partial charge on any atom is -0.478 e. The Morgan fingerprint density at radius 2 is 2.29 bits per heavy atom. The fraction of sp³-hybridized carbons (Fsp3) is 0.200. The van der Waals surface area contributed by atoms with E-state index < -0.39 is 5.97 Å². The van der Waals surface area contributed by atoms with Gasteiger partial charge in [0, 0.05) is 28.7 Å². The molecule has 1 N–H and O–H groups in total. The number of nitrogens with zero attached hydrogens (tertiary/aromatic N) is 2. The maximum Gasteiger partial charge on any atom is 0.328 e. The molecule has 4 nitrogen and oxygen atoms in total. The van der Waals surface area contributed by atoms with Crippen molar-refractivity contribution in [3.8, 4) is 0 Å². The minimum atomic E-state index is -0.957. The Morgan fingerprint density at radius 3 is 2.90 bits per heavy atom. The number of carbonyl (C=O) groups is 1. The lowest BCUT2D eigenvalue weighted by molar-refractivity contribution is -0.131. The van der Waals surface area contributed by atoms with E-state index in [0.717, 1.165) is 32.5 Å². The van der Waals surface area contributed by atoms with Crippen molar-refractivity contribution in [3.05, 3.63) is 50.4 Å². The fourth-order valence-electron chi connectivity index (χ4n) is 1.96. The number of carboxylic acid groups (broad SMARTS) is 1. The first kappa shape index (κ1) is 15.7. The van der Waals surface area contributed by atoms with E-state index in [4.69, 9.17) is 5.11 Å². The summed E-state index contributed by atoms with van der Waals surface area (Å²) in [6, 6.07) is 5.76. The molecule has 6 heteroatoms. The molecule has 0 aliphatic rings. The molecule has 1 aromatic carbocycles. The zero-order valence-electron chi connectivity index (χ0n) is 11.7. The Kier molecular flexibility index (Phi) is 5.14. The summed E-state index contributed by atoms with van der Waals surface area (Å²) in [6.07, 6.45) is 2.75. The number of aromatic nitrogens is 1. The lowest BCUT2D eigenvalue weighted by Crippen LogP contribution is -2.17. The van der Waals surface area contributed by atoms with E-state index in [-0.39, 0.29) is 0 Å². The molecule has 0 fully saturated rings. The van der Waals surface area contributed by atoms with E-state index in [1.54, 1.807) is 17.4 Å². The van der Waals surface area contributed by atoms with Gasteiger partial charge in [-0.1, -0.05) is 22.0 Å². The molecule has 2 rings (SSSR count). The van der Waals surface area contributed by atoms with Crippen LogP contribution in [-0.4, -0.2) is 23.1 Å². The molecular formula is C15H15BrN2O2S. The van der Waals surface area contributed by atoms with Gasteiger partial charge in [0.2, 0.25) is 0 Å². The van der Waals surface area contributed by atoms with Crippen LogP contribution in [0.2, 0.25) is 0 Å². The highest BCUT2D eigenvalue weighted by atomic mass is 79.9. The Labute approximate surface area is 135 Å². The Morgan fingerprint density at radius 1 is 1.52 bits per heavy atom. The number of anilines is 1. The molecule has 0 radical (unpaired) electrons.